The number of halogens is 4. The van der Waals surface area contributed by atoms with Crippen LogP contribution in [0.25, 0.3) is 0 Å². The number of phenols is 1. The van der Waals surface area contributed by atoms with E-state index in [1.807, 2.05) is 0 Å². The molecule has 0 bridgehead atoms. The number of nitrogens with one attached hydrogen (secondary N) is 2. The van der Waals surface area contributed by atoms with Crippen LogP contribution in [-0.4, -0.2) is 52.7 Å². The Bertz CT molecular complexity index is 1360. The van der Waals surface area contributed by atoms with Crippen molar-refractivity contribution in [1.29, 1.82) is 0 Å². The number of ketones is 2. The molecular formula is C30H34F4N2O8. The minimum atomic E-state index is -1.89. The van der Waals surface area contributed by atoms with E-state index in [4.69, 9.17) is 9.47 Å². The number of rotatable bonds is 14. The number of ether oxygens (including phenoxy) is 2. The van der Waals surface area contributed by atoms with Crippen LogP contribution < -0.4 is 15.4 Å². The van der Waals surface area contributed by atoms with Gasteiger partial charge in [-0.2, -0.15) is 8.78 Å². The summed E-state index contributed by atoms with van der Waals surface area (Å²) in [6, 6.07) is 3.68. The van der Waals surface area contributed by atoms with Gasteiger partial charge in [-0.3, -0.25) is 24.0 Å². The first-order valence-corrected chi connectivity index (χ1v) is 13.5. The number of carbonyl (C=O) groups excluding carboxylic acids is 5. The molecule has 0 saturated carbocycles. The Hall–Kier alpha value is -4.49. The third kappa shape index (κ3) is 10.7. The van der Waals surface area contributed by atoms with Crippen molar-refractivity contribution in [3.05, 3.63) is 53.6 Å². The molecular weight excluding hydrogens is 592 g/mol. The average molecular weight is 627 g/mol. The first kappa shape index (κ1) is 35.7. The van der Waals surface area contributed by atoms with Gasteiger partial charge in [0.05, 0.1) is 6.42 Å². The van der Waals surface area contributed by atoms with Gasteiger partial charge in [-0.1, -0.05) is 13.8 Å². The lowest BCUT2D eigenvalue weighted by Gasteiger charge is -2.25. The summed E-state index contributed by atoms with van der Waals surface area (Å²) < 4.78 is 65.0. The fourth-order valence-electron chi connectivity index (χ4n) is 3.91. The molecule has 1 unspecified atom stereocenters. The molecule has 0 radical (unpaired) electrons. The Kier molecular flexibility index (Phi) is 12.4. The first-order chi connectivity index (χ1) is 20.4. The lowest BCUT2D eigenvalue weighted by molar-refractivity contribution is -0.156. The van der Waals surface area contributed by atoms with Crippen molar-refractivity contribution in [2.45, 2.75) is 65.5 Å². The molecule has 0 spiro atoms. The van der Waals surface area contributed by atoms with Crippen molar-refractivity contribution in [2.24, 2.45) is 11.8 Å². The highest BCUT2D eigenvalue weighted by Crippen LogP contribution is 2.27. The monoisotopic (exact) mass is 626 g/mol. The Morgan fingerprint density at radius 3 is 2.02 bits per heavy atom. The number of phenolic OH excluding ortho intramolecular Hbond substituents is 1. The third-order valence-electron chi connectivity index (χ3n) is 6.13. The molecule has 3 N–H and O–H groups in total. The molecule has 0 aliphatic heterocycles. The molecule has 0 saturated heterocycles. The number of benzene rings is 2. The Morgan fingerprint density at radius 2 is 1.50 bits per heavy atom. The lowest BCUT2D eigenvalue weighted by Crippen LogP contribution is -2.48. The van der Waals surface area contributed by atoms with Gasteiger partial charge in [-0.15, -0.1) is 0 Å². The van der Waals surface area contributed by atoms with Gasteiger partial charge in [0.2, 0.25) is 23.3 Å². The Labute approximate surface area is 251 Å². The second-order valence-electron chi connectivity index (χ2n) is 11.2. The van der Waals surface area contributed by atoms with E-state index in [0.29, 0.717) is 0 Å². The van der Waals surface area contributed by atoms with E-state index < -0.39 is 94.9 Å². The van der Waals surface area contributed by atoms with Crippen molar-refractivity contribution < 1.29 is 56.1 Å². The Morgan fingerprint density at radius 1 is 0.932 bits per heavy atom. The number of Topliss-reactive ketones (excluding diaryl/α,β-unsaturated/α-hetero) is 2. The van der Waals surface area contributed by atoms with Crippen LogP contribution >= 0.6 is 0 Å². The van der Waals surface area contributed by atoms with Crippen LogP contribution in [0.4, 0.5) is 23.2 Å². The summed E-state index contributed by atoms with van der Waals surface area (Å²) in [5.74, 6) is -14.8. The van der Waals surface area contributed by atoms with E-state index in [0.717, 1.165) is 0 Å². The zero-order valence-corrected chi connectivity index (χ0v) is 24.8. The smallest absolute Gasteiger partial charge is 0.308 e. The van der Waals surface area contributed by atoms with Gasteiger partial charge in [0.15, 0.2) is 23.2 Å². The molecule has 0 aliphatic carbocycles. The standard InChI is InChI=1S/C30H34F4N2O8/c1-15(2)18(10-11-22(38)29(42)35-16-6-8-17(37)9-7-16)28(41)36-21(13-24(40)44-30(3,4)5)23(39)14-43-27-25(33)19(31)12-20(32)26(27)34/h6-9,12,15,18,21,37H,10-11,13-14H2,1-5H3,(H,35,42)(H,36,41)/t18-,21?/m0/s1. The number of hydrogen-bond donors (Lipinski definition) is 3. The largest absolute Gasteiger partial charge is 0.508 e. The second kappa shape index (κ2) is 15.3. The number of carbonyl (C=O) groups is 5. The van der Waals surface area contributed by atoms with E-state index in [1.165, 1.54) is 24.3 Å². The minimum Gasteiger partial charge on any atom is -0.508 e. The maximum absolute atomic E-state index is 14.0. The van der Waals surface area contributed by atoms with Crippen LogP contribution in [0.1, 0.15) is 53.9 Å². The molecule has 10 nitrogen and oxygen atoms in total. The van der Waals surface area contributed by atoms with Gasteiger partial charge in [-0.05, 0) is 57.4 Å². The zero-order chi connectivity index (χ0) is 33.4. The summed E-state index contributed by atoms with van der Waals surface area (Å²) in [5, 5.41) is 14.1. The van der Waals surface area contributed by atoms with E-state index in [2.05, 4.69) is 10.6 Å². The van der Waals surface area contributed by atoms with Crippen LogP contribution in [0.15, 0.2) is 30.3 Å². The van der Waals surface area contributed by atoms with Crippen molar-refractivity contribution in [3.8, 4) is 11.5 Å². The number of amides is 2. The summed E-state index contributed by atoms with van der Waals surface area (Å²) in [6.45, 7) is 6.75. The van der Waals surface area contributed by atoms with Gasteiger partial charge in [0, 0.05) is 24.1 Å². The highest BCUT2D eigenvalue weighted by molar-refractivity contribution is 6.40. The van der Waals surface area contributed by atoms with E-state index in [-0.39, 0.29) is 30.3 Å². The topological polar surface area (TPSA) is 148 Å². The molecule has 14 heteroatoms. The van der Waals surface area contributed by atoms with Crippen molar-refractivity contribution in [1.82, 2.24) is 5.32 Å². The molecule has 2 amide bonds. The fraction of sp³-hybridized carbons (Fsp3) is 0.433. The molecule has 2 atom stereocenters. The van der Waals surface area contributed by atoms with E-state index in [1.54, 1.807) is 34.6 Å². The molecule has 2 aromatic rings. The van der Waals surface area contributed by atoms with Crippen molar-refractivity contribution >= 4 is 35.0 Å². The molecule has 2 aromatic carbocycles. The molecule has 44 heavy (non-hydrogen) atoms. The average Bonchev–Trinajstić information content (AvgIpc) is 2.91. The molecule has 2 rings (SSSR count). The van der Waals surface area contributed by atoms with E-state index in [9.17, 15) is 46.6 Å². The van der Waals surface area contributed by atoms with Gasteiger partial charge in [0.1, 0.15) is 24.0 Å². The molecule has 0 fully saturated rings. The first-order valence-electron chi connectivity index (χ1n) is 13.5. The van der Waals surface area contributed by atoms with Gasteiger partial charge < -0.3 is 25.2 Å². The van der Waals surface area contributed by atoms with Gasteiger partial charge in [0.25, 0.3) is 5.91 Å². The van der Waals surface area contributed by atoms with Crippen LogP contribution in [0, 0.1) is 35.1 Å². The lowest BCUT2D eigenvalue weighted by atomic mass is 9.89. The fourth-order valence-corrected chi connectivity index (χ4v) is 3.91. The van der Waals surface area contributed by atoms with Crippen LogP contribution in [0.3, 0.4) is 0 Å². The van der Waals surface area contributed by atoms with Crippen LogP contribution in [0.5, 0.6) is 11.5 Å². The van der Waals surface area contributed by atoms with Gasteiger partial charge >= 0.3 is 5.97 Å². The van der Waals surface area contributed by atoms with Crippen LogP contribution in [0.2, 0.25) is 0 Å². The summed E-state index contributed by atoms with van der Waals surface area (Å²) >= 11 is 0. The zero-order valence-electron chi connectivity index (χ0n) is 24.8. The van der Waals surface area contributed by atoms with Crippen molar-refractivity contribution in [2.75, 3.05) is 11.9 Å². The normalized spacial score (nSPS) is 12.7. The number of esters is 1. The number of anilines is 1. The minimum absolute atomic E-state index is 0.0430. The summed E-state index contributed by atoms with van der Waals surface area (Å²) in [5.41, 5.74) is -0.719. The summed E-state index contributed by atoms with van der Waals surface area (Å²) in [4.78, 5) is 63.5. The highest BCUT2D eigenvalue weighted by Gasteiger charge is 2.32. The SMILES string of the molecule is CC(C)[C@H](CCC(=O)C(=O)Nc1ccc(O)cc1)C(=O)NC(CC(=O)OC(C)(C)C)C(=O)COc1c(F)c(F)cc(F)c1F. The molecule has 0 heterocycles. The molecule has 240 valence electrons. The third-order valence-corrected chi connectivity index (χ3v) is 6.13. The predicted molar refractivity (Wildman–Crippen MR) is 148 cm³/mol. The van der Waals surface area contributed by atoms with Crippen LogP contribution in [-0.2, 0) is 28.7 Å². The highest BCUT2D eigenvalue weighted by atomic mass is 19.2. The molecule has 0 aliphatic rings. The van der Waals surface area contributed by atoms with Crippen molar-refractivity contribution in [3.63, 3.8) is 0 Å². The van der Waals surface area contributed by atoms with E-state index >= 15 is 0 Å². The maximum atomic E-state index is 14.0. The molecule has 0 aromatic heterocycles. The summed E-state index contributed by atoms with van der Waals surface area (Å²) in [7, 11) is 0. The second-order valence-corrected chi connectivity index (χ2v) is 11.2. The quantitative estimate of drug-likeness (QED) is 0.0921. The Balaban J connectivity index is 2.16. The van der Waals surface area contributed by atoms with Gasteiger partial charge in [-0.25, -0.2) is 8.78 Å². The number of hydrogen-bond acceptors (Lipinski definition) is 8. The maximum Gasteiger partial charge on any atom is 0.308 e. The summed E-state index contributed by atoms with van der Waals surface area (Å²) in [6.07, 6.45) is -1.22. The predicted octanol–water partition coefficient (Wildman–Crippen LogP) is 4.37. The number of aromatic hydroxyl groups is 1.